The zero-order chi connectivity index (χ0) is 16.6. The molecule has 1 spiro atoms. The second-order valence-electron chi connectivity index (χ2n) is 7.11. The third-order valence-corrected chi connectivity index (χ3v) is 5.38. The van der Waals surface area contributed by atoms with Gasteiger partial charge in [-0.1, -0.05) is 6.42 Å². The minimum absolute atomic E-state index is 0.0888. The Hall–Kier alpha value is -1.82. The molecule has 3 aliphatic rings. The van der Waals surface area contributed by atoms with Crippen LogP contribution in [0.3, 0.4) is 0 Å². The Kier molecular flexibility index (Phi) is 4.08. The molecule has 1 saturated heterocycles. The van der Waals surface area contributed by atoms with Crippen LogP contribution in [0.5, 0.6) is 0 Å². The van der Waals surface area contributed by atoms with Crippen molar-refractivity contribution in [2.24, 2.45) is 5.92 Å². The molecule has 1 aliphatic heterocycles. The highest BCUT2D eigenvalue weighted by Gasteiger charge is 2.54. The van der Waals surface area contributed by atoms with E-state index in [4.69, 9.17) is 9.15 Å². The average molecular weight is 332 g/mol. The van der Waals surface area contributed by atoms with E-state index in [1.165, 1.54) is 6.42 Å². The number of carbonyl (C=O) groups is 2. The quantitative estimate of drug-likeness (QED) is 0.917. The van der Waals surface area contributed by atoms with E-state index in [2.05, 4.69) is 5.32 Å². The van der Waals surface area contributed by atoms with Gasteiger partial charge in [-0.05, 0) is 50.7 Å². The molecule has 130 valence electrons. The molecule has 4 rings (SSSR count). The van der Waals surface area contributed by atoms with Gasteiger partial charge in [0.2, 0.25) is 11.8 Å². The summed E-state index contributed by atoms with van der Waals surface area (Å²) in [5.41, 5.74) is -0.551. The second kappa shape index (κ2) is 6.24. The highest BCUT2D eigenvalue weighted by atomic mass is 16.5. The summed E-state index contributed by atoms with van der Waals surface area (Å²) < 4.78 is 11.3. The maximum atomic E-state index is 12.9. The molecule has 2 aliphatic carbocycles. The van der Waals surface area contributed by atoms with Gasteiger partial charge in [0, 0.05) is 5.92 Å². The van der Waals surface area contributed by atoms with Gasteiger partial charge < -0.3 is 14.5 Å². The molecule has 1 aromatic heterocycles. The van der Waals surface area contributed by atoms with Crippen molar-refractivity contribution in [1.82, 2.24) is 10.2 Å². The first-order chi connectivity index (χ1) is 11.7. The lowest BCUT2D eigenvalue weighted by molar-refractivity contribution is -0.161. The molecule has 0 radical (unpaired) electrons. The monoisotopic (exact) mass is 332 g/mol. The Morgan fingerprint density at radius 3 is 2.71 bits per heavy atom. The molecule has 0 aromatic carbocycles. The summed E-state index contributed by atoms with van der Waals surface area (Å²) in [7, 11) is 0. The largest absolute Gasteiger partial charge is 0.467 e. The summed E-state index contributed by atoms with van der Waals surface area (Å²) in [5, 5.41) is 2.89. The average Bonchev–Trinajstić information content (AvgIpc) is 3.21. The first kappa shape index (κ1) is 15.7. The molecule has 1 N–H and O–H groups in total. The molecular weight excluding hydrogens is 308 g/mol. The van der Waals surface area contributed by atoms with Crippen LogP contribution < -0.4 is 5.32 Å². The van der Waals surface area contributed by atoms with Gasteiger partial charge in [0.1, 0.15) is 17.5 Å². The number of ether oxygens (including phenoxy) is 1. The number of furan rings is 1. The summed E-state index contributed by atoms with van der Waals surface area (Å²) in [6.45, 7) is 0.628. The Morgan fingerprint density at radius 2 is 2.04 bits per heavy atom. The van der Waals surface area contributed by atoms with Crippen molar-refractivity contribution in [3.63, 3.8) is 0 Å². The lowest BCUT2D eigenvalue weighted by Gasteiger charge is -2.41. The fourth-order valence-electron chi connectivity index (χ4n) is 3.93. The smallest absolute Gasteiger partial charge is 0.245 e. The number of nitrogens with zero attached hydrogens (tertiary/aromatic N) is 1. The van der Waals surface area contributed by atoms with Crippen LogP contribution in [0.1, 0.15) is 50.7 Å². The number of nitrogens with one attached hydrogen (secondary N) is 1. The summed E-state index contributed by atoms with van der Waals surface area (Å²) >= 11 is 0. The second-order valence-corrected chi connectivity index (χ2v) is 7.11. The molecule has 2 saturated carbocycles. The predicted octanol–water partition coefficient (Wildman–Crippen LogP) is 2.19. The van der Waals surface area contributed by atoms with E-state index in [1.54, 1.807) is 17.2 Å². The van der Waals surface area contributed by atoms with Crippen LogP contribution in [0.15, 0.2) is 22.8 Å². The minimum atomic E-state index is -0.551. The number of hydrogen-bond donors (Lipinski definition) is 1. The molecule has 0 unspecified atom stereocenters. The topological polar surface area (TPSA) is 71.8 Å². The van der Waals surface area contributed by atoms with Crippen LogP contribution in [0.25, 0.3) is 0 Å². The van der Waals surface area contributed by atoms with Crippen molar-refractivity contribution in [2.75, 3.05) is 6.61 Å². The third-order valence-electron chi connectivity index (χ3n) is 5.38. The zero-order valence-corrected chi connectivity index (χ0v) is 13.8. The Balaban J connectivity index is 1.50. The fourth-order valence-corrected chi connectivity index (χ4v) is 3.93. The molecule has 1 aromatic rings. The van der Waals surface area contributed by atoms with Gasteiger partial charge >= 0.3 is 0 Å². The van der Waals surface area contributed by atoms with Crippen LogP contribution in [-0.2, 0) is 20.9 Å². The maximum Gasteiger partial charge on any atom is 0.245 e. The van der Waals surface area contributed by atoms with E-state index in [9.17, 15) is 9.59 Å². The number of carbonyl (C=O) groups excluding carboxylic acids is 2. The minimum Gasteiger partial charge on any atom is -0.467 e. The molecule has 2 heterocycles. The lowest BCUT2D eigenvalue weighted by atomic mass is 9.90. The fraction of sp³-hybridized carbons (Fsp3) is 0.667. The Labute approximate surface area is 141 Å². The summed E-state index contributed by atoms with van der Waals surface area (Å²) in [5.74, 6) is 0.746. The first-order valence-corrected chi connectivity index (χ1v) is 8.97. The Bertz CT molecular complexity index is 603. The number of hydrogen-bond acceptors (Lipinski definition) is 4. The summed E-state index contributed by atoms with van der Waals surface area (Å²) in [6, 6.07) is 3.09. The maximum absolute atomic E-state index is 12.9. The highest BCUT2D eigenvalue weighted by molar-refractivity contribution is 5.90. The lowest BCUT2D eigenvalue weighted by Crippen LogP contribution is -2.56. The highest BCUT2D eigenvalue weighted by Crippen LogP contribution is 2.44. The third kappa shape index (κ3) is 2.83. The van der Waals surface area contributed by atoms with E-state index in [0.29, 0.717) is 18.9 Å². The molecular formula is C18H24N2O4. The van der Waals surface area contributed by atoms with Crippen molar-refractivity contribution in [1.29, 1.82) is 0 Å². The van der Waals surface area contributed by atoms with Crippen molar-refractivity contribution in [3.8, 4) is 0 Å². The van der Waals surface area contributed by atoms with Crippen molar-refractivity contribution in [3.05, 3.63) is 24.2 Å². The van der Waals surface area contributed by atoms with Gasteiger partial charge in [-0.2, -0.15) is 0 Å². The zero-order valence-electron chi connectivity index (χ0n) is 13.8. The summed E-state index contributed by atoms with van der Waals surface area (Å²) in [4.78, 5) is 27.4. The van der Waals surface area contributed by atoms with Gasteiger partial charge in [-0.25, -0.2) is 0 Å². The van der Waals surface area contributed by atoms with E-state index < -0.39 is 11.8 Å². The van der Waals surface area contributed by atoms with E-state index in [1.807, 2.05) is 6.07 Å². The SMILES string of the molecule is O=C(NCc1ccco1)[C@@H]1COC2(CCCCC2)N1C(=O)C1CC1. The molecule has 0 bridgehead atoms. The van der Waals surface area contributed by atoms with Gasteiger partial charge in [-0.3, -0.25) is 14.5 Å². The normalized spacial score (nSPS) is 25.8. The van der Waals surface area contributed by atoms with Crippen LogP contribution in [0.2, 0.25) is 0 Å². The Morgan fingerprint density at radius 1 is 1.25 bits per heavy atom. The standard InChI is InChI=1S/C18H24N2O4/c21-16(19-11-14-5-4-10-23-14)15-12-24-18(8-2-1-3-9-18)20(15)17(22)13-6-7-13/h4-5,10,13,15H,1-3,6-9,11-12H2,(H,19,21)/t15-/m0/s1. The van der Waals surface area contributed by atoms with E-state index in [-0.39, 0.29) is 17.7 Å². The van der Waals surface area contributed by atoms with E-state index in [0.717, 1.165) is 38.5 Å². The van der Waals surface area contributed by atoms with Gasteiger partial charge in [0.05, 0.1) is 19.4 Å². The van der Waals surface area contributed by atoms with Gasteiger partial charge in [0.25, 0.3) is 0 Å². The van der Waals surface area contributed by atoms with Gasteiger partial charge in [-0.15, -0.1) is 0 Å². The van der Waals surface area contributed by atoms with Crippen molar-refractivity contribution < 1.29 is 18.7 Å². The van der Waals surface area contributed by atoms with Crippen LogP contribution in [0, 0.1) is 5.92 Å². The molecule has 24 heavy (non-hydrogen) atoms. The molecule has 3 fully saturated rings. The van der Waals surface area contributed by atoms with Gasteiger partial charge in [0.15, 0.2) is 0 Å². The number of amides is 2. The van der Waals surface area contributed by atoms with Crippen LogP contribution >= 0.6 is 0 Å². The molecule has 6 nitrogen and oxygen atoms in total. The number of rotatable bonds is 4. The van der Waals surface area contributed by atoms with Crippen LogP contribution in [-0.4, -0.2) is 35.1 Å². The summed E-state index contributed by atoms with van der Waals surface area (Å²) in [6.07, 6.45) is 8.41. The van der Waals surface area contributed by atoms with Crippen molar-refractivity contribution >= 4 is 11.8 Å². The van der Waals surface area contributed by atoms with Crippen LogP contribution in [0.4, 0.5) is 0 Å². The molecule has 1 atom stereocenters. The molecule has 2 amide bonds. The first-order valence-electron chi connectivity index (χ1n) is 8.97. The van der Waals surface area contributed by atoms with E-state index >= 15 is 0 Å². The predicted molar refractivity (Wildman–Crippen MR) is 85.7 cm³/mol. The van der Waals surface area contributed by atoms with Crippen molar-refractivity contribution in [2.45, 2.75) is 63.3 Å². The molecule has 6 heteroatoms.